The van der Waals surface area contributed by atoms with Gasteiger partial charge in [-0.2, -0.15) is 0 Å². The van der Waals surface area contributed by atoms with Crippen LogP contribution in [0.1, 0.15) is 47.3 Å². The first kappa shape index (κ1) is 19.8. The minimum atomic E-state index is -0.737. The molecule has 2 unspecified atom stereocenters. The number of aliphatic hydroxyl groups is 1. The zero-order valence-electron chi connectivity index (χ0n) is 17.9. The largest absolute Gasteiger partial charge is 0.509 e. The van der Waals surface area contributed by atoms with E-state index >= 15 is 0 Å². The summed E-state index contributed by atoms with van der Waals surface area (Å²) in [6.45, 7) is 1.98. The third-order valence-corrected chi connectivity index (χ3v) is 6.22. The van der Waals surface area contributed by atoms with Crippen molar-refractivity contribution >= 4 is 17.1 Å². The molecule has 2 N–H and O–H groups in total. The molecule has 0 aliphatic carbocycles. The van der Waals surface area contributed by atoms with Gasteiger partial charge in [-0.15, -0.1) is 0 Å². The predicted molar refractivity (Wildman–Crippen MR) is 118 cm³/mol. The van der Waals surface area contributed by atoms with Crippen molar-refractivity contribution in [2.75, 3.05) is 13.4 Å². The molecule has 8 heteroatoms. The number of aliphatic hydroxyl groups excluding tert-OH is 1. The van der Waals surface area contributed by atoms with Crippen molar-refractivity contribution in [3.05, 3.63) is 82.8 Å². The number of para-hydroxylation sites is 1. The van der Waals surface area contributed by atoms with Gasteiger partial charge in [0.1, 0.15) is 0 Å². The van der Waals surface area contributed by atoms with Crippen molar-refractivity contribution in [1.29, 1.82) is 0 Å². The van der Waals surface area contributed by atoms with Crippen molar-refractivity contribution in [2.45, 2.75) is 25.7 Å². The maximum absolute atomic E-state index is 12.4. The molecule has 0 fully saturated rings. The summed E-state index contributed by atoms with van der Waals surface area (Å²) in [5.41, 5.74) is 5.09. The number of benzene rings is 2. The molecule has 6 rings (SSSR count). The van der Waals surface area contributed by atoms with E-state index in [1.807, 2.05) is 59.2 Å². The highest BCUT2D eigenvalue weighted by Gasteiger charge is 2.40. The van der Waals surface area contributed by atoms with Gasteiger partial charge >= 0.3 is 6.16 Å². The first-order chi connectivity index (χ1) is 16.2. The first-order valence-corrected chi connectivity index (χ1v) is 10.8. The fourth-order valence-corrected chi connectivity index (χ4v) is 4.89. The molecule has 168 valence electrons. The molecule has 0 spiro atoms. The van der Waals surface area contributed by atoms with Gasteiger partial charge in [0.2, 0.25) is 6.79 Å². The smallest absolute Gasteiger partial charge is 0.454 e. The number of hydrogen-bond acceptors (Lipinski definition) is 6. The summed E-state index contributed by atoms with van der Waals surface area (Å²) in [7, 11) is 0. The first-order valence-electron chi connectivity index (χ1n) is 10.8. The SMILES string of the molecule is CCOC(=O)OC1c2c([nH]c3ccccc23)C(c2ccc3c(c2)OCO3)n2c(CO)ccc21. The number of carbonyl (C=O) groups excluding carboxylic acids is 1. The van der Waals surface area contributed by atoms with Gasteiger partial charge < -0.3 is 33.6 Å². The van der Waals surface area contributed by atoms with Crippen LogP contribution in [-0.2, 0) is 16.1 Å². The van der Waals surface area contributed by atoms with Crippen LogP contribution in [0.25, 0.3) is 10.9 Å². The maximum atomic E-state index is 12.4. The summed E-state index contributed by atoms with van der Waals surface area (Å²) in [6, 6.07) is 17.2. The van der Waals surface area contributed by atoms with E-state index in [2.05, 4.69) is 4.98 Å². The lowest BCUT2D eigenvalue weighted by Crippen LogP contribution is -2.28. The Balaban J connectivity index is 1.60. The highest BCUT2D eigenvalue weighted by Crippen LogP contribution is 2.48. The monoisotopic (exact) mass is 446 g/mol. The Morgan fingerprint density at radius 1 is 1.15 bits per heavy atom. The lowest BCUT2D eigenvalue weighted by Gasteiger charge is -2.33. The van der Waals surface area contributed by atoms with Crippen LogP contribution in [0.4, 0.5) is 4.79 Å². The average Bonchev–Trinajstić information content (AvgIpc) is 3.55. The van der Waals surface area contributed by atoms with Crippen LogP contribution in [0.2, 0.25) is 0 Å². The van der Waals surface area contributed by atoms with Gasteiger partial charge in [0.25, 0.3) is 0 Å². The Bertz CT molecular complexity index is 1370. The van der Waals surface area contributed by atoms with Crippen LogP contribution in [0.5, 0.6) is 11.5 Å². The Labute approximate surface area is 189 Å². The fourth-order valence-electron chi connectivity index (χ4n) is 4.89. The van der Waals surface area contributed by atoms with Crippen LogP contribution in [0.15, 0.2) is 54.6 Å². The third kappa shape index (κ3) is 2.98. The second-order valence-electron chi connectivity index (χ2n) is 7.97. The van der Waals surface area contributed by atoms with Crippen molar-refractivity contribution in [1.82, 2.24) is 9.55 Å². The topological polar surface area (TPSA) is 94.9 Å². The molecular formula is C25H22N2O6. The van der Waals surface area contributed by atoms with Gasteiger partial charge in [-0.3, -0.25) is 0 Å². The lowest BCUT2D eigenvalue weighted by atomic mass is 9.90. The highest BCUT2D eigenvalue weighted by molar-refractivity contribution is 5.87. The number of aromatic nitrogens is 2. The number of fused-ring (bicyclic) bond motifs is 5. The molecule has 8 nitrogen and oxygen atoms in total. The van der Waals surface area contributed by atoms with E-state index in [9.17, 15) is 9.90 Å². The van der Waals surface area contributed by atoms with Crippen LogP contribution in [0, 0.1) is 0 Å². The van der Waals surface area contributed by atoms with Crippen molar-refractivity contribution in [2.24, 2.45) is 0 Å². The van der Waals surface area contributed by atoms with Crippen LogP contribution in [-0.4, -0.2) is 34.2 Å². The summed E-state index contributed by atoms with van der Waals surface area (Å²) < 4.78 is 24.1. The summed E-state index contributed by atoms with van der Waals surface area (Å²) in [6.07, 6.45) is -1.43. The van der Waals surface area contributed by atoms with Gasteiger partial charge in [-0.1, -0.05) is 24.3 Å². The van der Waals surface area contributed by atoms with Gasteiger partial charge in [0.15, 0.2) is 17.6 Å². The summed E-state index contributed by atoms with van der Waals surface area (Å²) in [4.78, 5) is 15.9. The van der Waals surface area contributed by atoms with E-state index in [0.717, 1.165) is 33.4 Å². The van der Waals surface area contributed by atoms with Gasteiger partial charge in [-0.25, -0.2) is 4.79 Å². The molecule has 33 heavy (non-hydrogen) atoms. The van der Waals surface area contributed by atoms with E-state index < -0.39 is 12.3 Å². The van der Waals surface area contributed by atoms with Crippen molar-refractivity contribution in [3.8, 4) is 11.5 Å². The molecule has 2 aliphatic rings. The van der Waals surface area contributed by atoms with Crippen LogP contribution >= 0.6 is 0 Å². The van der Waals surface area contributed by atoms with E-state index in [0.29, 0.717) is 17.2 Å². The Morgan fingerprint density at radius 3 is 2.85 bits per heavy atom. The van der Waals surface area contributed by atoms with Crippen molar-refractivity contribution < 1.29 is 28.8 Å². The quantitative estimate of drug-likeness (QED) is 0.451. The summed E-state index contributed by atoms with van der Waals surface area (Å²) in [5.74, 6) is 1.37. The lowest BCUT2D eigenvalue weighted by molar-refractivity contribution is 0.0341. The second-order valence-corrected chi connectivity index (χ2v) is 7.97. The standard InChI is InChI=1S/C25H22N2O6/c1-2-30-25(29)33-24-18-9-8-15(12-28)27(18)23(14-7-10-19-20(11-14)32-13-31-19)22-21(24)16-5-3-4-6-17(16)26-22/h3-11,23-24,26,28H,2,12-13H2,1H3. The molecular weight excluding hydrogens is 424 g/mol. The number of aromatic amines is 1. The Morgan fingerprint density at radius 2 is 2.00 bits per heavy atom. The van der Waals surface area contributed by atoms with Gasteiger partial charge in [0, 0.05) is 22.2 Å². The minimum Gasteiger partial charge on any atom is -0.454 e. The number of nitrogens with one attached hydrogen (secondary N) is 1. The van der Waals surface area contributed by atoms with E-state index in [-0.39, 0.29) is 26.0 Å². The zero-order chi connectivity index (χ0) is 22.5. The number of H-pyrrole nitrogens is 1. The number of carbonyl (C=O) groups is 1. The normalized spacial score (nSPS) is 18.1. The van der Waals surface area contributed by atoms with Crippen molar-refractivity contribution in [3.63, 3.8) is 0 Å². The summed E-state index contributed by atoms with van der Waals surface area (Å²) in [5, 5.41) is 11.1. The minimum absolute atomic E-state index is 0.164. The average molecular weight is 446 g/mol. The number of hydrogen-bond donors (Lipinski definition) is 2. The number of ether oxygens (including phenoxy) is 4. The van der Waals surface area contributed by atoms with E-state index in [4.69, 9.17) is 18.9 Å². The molecule has 0 radical (unpaired) electrons. The molecule has 0 amide bonds. The molecule has 2 aromatic carbocycles. The Hall–Kier alpha value is -3.91. The second kappa shape index (κ2) is 7.60. The molecule has 0 saturated carbocycles. The fraction of sp³-hybridized carbons (Fsp3) is 0.240. The molecule has 4 heterocycles. The third-order valence-electron chi connectivity index (χ3n) is 6.22. The predicted octanol–water partition coefficient (Wildman–Crippen LogP) is 4.40. The molecule has 0 bridgehead atoms. The zero-order valence-corrected chi connectivity index (χ0v) is 17.9. The van der Waals surface area contributed by atoms with Gasteiger partial charge in [0.05, 0.1) is 30.6 Å². The van der Waals surface area contributed by atoms with Gasteiger partial charge in [-0.05, 0) is 42.8 Å². The Kier molecular flexibility index (Phi) is 4.55. The highest BCUT2D eigenvalue weighted by atomic mass is 16.7. The molecule has 2 aliphatic heterocycles. The van der Waals surface area contributed by atoms with Crippen LogP contribution < -0.4 is 9.47 Å². The summed E-state index contributed by atoms with van der Waals surface area (Å²) >= 11 is 0. The molecule has 0 saturated heterocycles. The van der Waals surface area contributed by atoms with E-state index in [1.165, 1.54) is 0 Å². The molecule has 2 atom stereocenters. The molecule has 2 aromatic heterocycles. The maximum Gasteiger partial charge on any atom is 0.509 e. The number of nitrogens with zero attached hydrogens (tertiary/aromatic N) is 1. The van der Waals surface area contributed by atoms with E-state index in [1.54, 1.807) is 6.92 Å². The molecule has 4 aromatic rings. The van der Waals surface area contributed by atoms with Crippen LogP contribution in [0.3, 0.4) is 0 Å². The number of rotatable bonds is 4.